The Hall–Kier alpha value is -4.11. The molecule has 0 radical (unpaired) electrons. The molecule has 0 bridgehead atoms. The standard InChI is InChI=1S/C27H30FN5O3/c1-6-26(34)31-22-15-19(24(36-5)17-23(22)33(4)14-13-32(2)3)16-25-29-12-11-21(30-25)27(35)18-7-9-20(28)10-8-18/h6-12,15,17H,1,13-14,16H2,2-5H3,(H,31,34). The molecule has 9 heteroatoms. The van der Waals surface area contributed by atoms with Gasteiger partial charge in [0.25, 0.3) is 0 Å². The molecule has 0 spiro atoms. The Morgan fingerprint density at radius 3 is 2.47 bits per heavy atom. The summed E-state index contributed by atoms with van der Waals surface area (Å²) >= 11 is 0. The Labute approximate surface area is 210 Å². The van der Waals surface area contributed by atoms with Crippen molar-refractivity contribution < 1.29 is 18.7 Å². The molecule has 1 N–H and O–H groups in total. The van der Waals surface area contributed by atoms with Crippen LogP contribution in [0.5, 0.6) is 5.75 Å². The summed E-state index contributed by atoms with van der Waals surface area (Å²) in [7, 11) is 7.49. The number of carbonyl (C=O) groups excluding carboxylic acids is 2. The van der Waals surface area contributed by atoms with E-state index in [1.807, 2.05) is 38.2 Å². The third-order valence-corrected chi connectivity index (χ3v) is 5.53. The highest BCUT2D eigenvalue weighted by atomic mass is 19.1. The van der Waals surface area contributed by atoms with Crippen molar-refractivity contribution in [3.05, 3.63) is 89.8 Å². The molecule has 188 valence electrons. The molecule has 0 fully saturated rings. The van der Waals surface area contributed by atoms with Gasteiger partial charge in [0.2, 0.25) is 11.7 Å². The molecule has 1 aromatic heterocycles. The summed E-state index contributed by atoms with van der Waals surface area (Å²) in [6.45, 7) is 5.08. The molecule has 0 saturated heterocycles. The lowest BCUT2D eigenvalue weighted by molar-refractivity contribution is -0.111. The minimum Gasteiger partial charge on any atom is -0.496 e. The number of benzene rings is 2. The molecule has 0 aliphatic heterocycles. The first kappa shape index (κ1) is 26.5. The van der Waals surface area contributed by atoms with Gasteiger partial charge < -0.3 is 19.9 Å². The van der Waals surface area contributed by atoms with Crippen molar-refractivity contribution in [2.24, 2.45) is 0 Å². The number of nitrogens with zero attached hydrogens (tertiary/aromatic N) is 4. The number of aromatic nitrogens is 2. The highest BCUT2D eigenvalue weighted by Gasteiger charge is 2.18. The van der Waals surface area contributed by atoms with Crippen molar-refractivity contribution in [3.8, 4) is 5.75 Å². The van der Waals surface area contributed by atoms with Crippen LogP contribution < -0.4 is 15.0 Å². The predicted octanol–water partition coefficient (Wildman–Crippen LogP) is 3.57. The molecule has 1 amide bonds. The molecular formula is C27H30FN5O3. The maximum atomic E-state index is 13.2. The molecule has 3 aromatic rings. The fourth-order valence-electron chi connectivity index (χ4n) is 3.54. The van der Waals surface area contributed by atoms with Crippen LogP contribution in [0.1, 0.15) is 27.4 Å². The number of hydrogen-bond acceptors (Lipinski definition) is 7. The van der Waals surface area contributed by atoms with E-state index < -0.39 is 5.82 Å². The van der Waals surface area contributed by atoms with E-state index in [0.717, 1.165) is 24.3 Å². The second-order valence-corrected chi connectivity index (χ2v) is 8.47. The fraction of sp³-hybridized carbons (Fsp3) is 0.259. The summed E-state index contributed by atoms with van der Waals surface area (Å²) in [6, 6.07) is 10.5. The minimum atomic E-state index is -0.419. The summed E-state index contributed by atoms with van der Waals surface area (Å²) in [5.41, 5.74) is 2.64. The predicted molar refractivity (Wildman–Crippen MR) is 138 cm³/mol. The normalized spacial score (nSPS) is 10.7. The zero-order chi connectivity index (χ0) is 26.2. The Morgan fingerprint density at radius 1 is 1.11 bits per heavy atom. The zero-order valence-electron chi connectivity index (χ0n) is 20.9. The molecule has 2 aromatic carbocycles. The summed E-state index contributed by atoms with van der Waals surface area (Å²) in [4.78, 5) is 37.8. The first-order valence-corrected chi connectivity index (χ1v) is 11.3. The van der Waals surface area contributed by atoms with Crippen molar-refractivity contribution in [3.63, 3.8) is 0 Å². The maximum absolute atomic E-state index is 13.2. The van der Waals surface area contributed by atoms with Gasteiger partial charge in [-0.05, 0) is 56.6 Å². The Morgan fingerprint density at radius 2 is 1.83 bits per heavy atom. The van der Waals surface area contributed by atoms with E-state index in [1.165, 1.54) is 42.6 Å². The number of carbonyl (C=O) groups is 2. The van der Waals surface area contributed by atoms with Crippen LogP contribution >= 0.6 is 0 Å². The maximum Gasteiger partial charge on any atom is 0.247 e. The Bertz CT molecular complexity index is 1240. The van der Waals surface area contributed by atoms with Gasteiger partial charge in [-0.2, -0.15) is 0 Å². The highest BCUT2D eigenvalue weighted by Crippen LogP contribution is 2.34. The second-order valence-electron chi connectivity index (χ2n) is 8.47. The van der Waals surface area contributed by atoms with Crippen LogP contribution in [0.4, 0.5) is 15.8 Å². The molecule has 3 rings (SSSR count). The fourth-order valence-corrected chi connectivity index (χ4v) is 3.54. The SMILES string of the molecule is C=CC(=O)Nc1cc(Cc2nccc(C(=O)c3ccc(F)cc3)n2)c(OC)cc1N(C)CCN(C)C. The van der Waals surface area contributed by atoms with E-state index >= 15 is 0 Å². The minimum absolute atomic E-state index is 0.200. The Kier molecular flexibility index (Phi) is 8.86. The largest absolute Gasteiger partial charge is 0.496 e. The number of hydrogen-bond donors (Lipinski definition) is 1. The van der Waals surface area contributed by atoms with Crippen LogP contribution in [-0.2, 0) is 11.2 Å². The highest BCUT2D eigenvalue weighted by molar-refractivity contribution is 6.07. The average molecular weight is 492 g/mol. The number of halogens is 1. The molecule has 8 nitrogen and oxygen atoms in total. The van der Waals surface area contributed by atoms with Crippen molar-refractivity contribution in [1.82, 2.24) is 14.9 Å². The van der Waals surface area contributed by atoms with Gasteiger partial charge in [-0.15, -0.1) is 0 Å². The lowest BCUT2D eigenvalue weighted by Crippen LogP contribution is -2.29. The van der Waals surface area contributed by atoms with Crippen LogP contribution in [0.2, 0.25) is 0 Å². The number of ketones is 1. The van der Waals surface area contributed by atoms with Crippen LogP contribution in [0, 0.1) is 5.82 Å². The summed E-state index contributed by atoms with van der Waals surface area (Å²) in [5, 5.41) is 2.87. The van der Waals surface area contributed by atoms with Gasteiger partial charge in [0.05, 0.1) is 18.5 Å². The van der Waals surface area contributed by atoms with Gasteiger partial charge in [0.1, 0.15) is 23.1 Å². The first-order chi connectivity index (χ1) is 17.2. The summed E-state index contributed by atoms with van der Waals surface area (Å²) in [6.07, 6.45) is 2.98. The number of rotatable bonds is 11. The Balaban J connectivity index is 1.95. The smallest absolute Gasteiger partial charge is 0.247 e. The quantitative estimate of drug-likeness (QED) is 0.324. The monoisotopic (exact) mass is 491 g/mol. The van der Waals surface area contributed by atoms with Gasteiger partial charge >= 0.3 is 0 Å². The van der Waals surface area contributed by atoms with E-state index in [9.17, 15) is 14.0 Å². The van der Waals surface area contributed by atoms with Crippen LogP contribution in [0.15, 0.2) is 61.3 Å². The second kappa shape index (κ2) is 12.0. The number of nitrogens with one attached hydrogen (secondary N) is 1. The van der Waals surface area contributed by atoms with Gasteiger partial charge in [0, 0.05) is 49.9 Å². The first-order valence-electron chi connectivity index (χ1n) is 11.3. The van der Waals surface area contributed by atoms with E-state index in [0.29, 0.717) is 22.8 Å². The number of methoxy groups -OCH3 is 1. The molecule has 1 heterocycles. The number of amides is 1. The van der Waals surface area contributed by atoms with E-state index in [2.05, 4.69) is 26.8 Å². The number of likely N-dealkylation sites (N-methyl/N-ethyl adjacent to an activating group) is 2. The molecule has 0 unspecified atom stereocenters. The molecule has 0 saturated carbocycles. The van der Waals surface area contributed by atoms with Crippen molar-refractivity contribution in [2.75, 3.05) is 51.6 Å². The van der Waals surface area contributed by atoms with Crippen molar-refractivity contribution in [1.29, 1.82) is 0 Å². The van der Waals surface area contributed by atoms with E-state index in [1.54, 1.807) is 7.11 Å². The molecule has 0 aliphatic rings. The lowest BCUT2D eigenvalue weighted by atomic mass is 10.1. The van der Waals surface area contributed by atoms with Gasteiger partial charge in [-0.1, -0.05) is 6.58 Å². The van der Waals surface area contributed by atoms with Gasteiger partial charge in [-0.3, -0.25) is 9.59 Å². The van der Waals surface area contributed by atoms with Crippen molar-refractivity contribution >= 4 is 23.1 Å². The van der Waals surface area contributed by atoms with Crippen LogP contribution in [0.25, 0.3) is 0 Å². The van der Waals surface area contributed by atoms with Crippen molar-refractivity contribution in [2.45, 2.75) is 6.42 Å². The van der Waals surface area contributed by atoms with E-state index in [-0.39, 0.29) is 23.8 Å². The third kappa shape index (κ3) is 6.73. The molecule has 0 aliphatic carbocycles. The number of anilines is 2. The molecule has 36 heavy (non-hydrogen) atoms. The summed E-state index contributed by atoms with van der Waals surface area (Å²) < 4.78 is 18.9. The molecular weight excluding hydrogens is 461 g/mol. The topological polar surface area (TPSA) is 87.7 Å². The lowest BCUT2D eigenvalue weighted by Gasteiger charge is -2.25. The third-order valence-electron chi connectivity index (χ3n) is 5.53. The van der Waals surface area contributed by atoms with Crippen LogP contribution in [-0.4, -0.2) is 67.9 Å². The zero-order valence-corrected chi connectivity index (χ0v) is 20.9. The summed E-state index contributed by atoms with van der Waals surface area (Å²) in [5.74, 6) is -0.0933. The molecule has 0 atom stereocenters. The average Bonchev–Trinajstić information content (AvgIpc) is 2.87. The number of ether oxygens (including phenoxy) is 1. The van der Waals surface area contributed by atoms with E-state index in [4.69, 9.17) is 4.74 Å². The van der Waals surface area contributed by atoms with Gasteiger partial charge in [0.15, 0.2) is 0 Å². The van der Waals surface area contributed by atoms with Gasteiger partial charge in [-0.25, -0.2) is 14.4 Å². The van der Waals surface area contributed by atoms with Crippen LogP contribution in [0.3, 0.4) is 0 Å².